The van der Waals surface area contributed by atoms with E-state index in [1.54, 1.807) is 12.1 Å². The summed E-state index contributed by atoms with van der Waals surface area (Å²) in [4.78, 5) is 11.5. The molecule has 0 aromatic heterocycles. The average Bonchev–Trinajstić information content (AvgIpc) is 2.58. The van der Waals surface area contributed by atoms with Gasteiger partial charge in [0.05, 0.1) is 11.7 Å². The molecule has 1 aromatic carbocycles. The molecular weight excluding hydrogens is 192 g/mol. The molecule has 1 aromatic rings. The van der Waals surface area contributed by atoms with E-state index in [2.05, 4.69) is 0 Å². The van der Waals surface area contributed by atoms with Gasteiger partial charge in [-0.25, -0.2) is 4.79 Å². The standard InChI is InChI=1S/C12H14O3/c1-2-5-10(13)11-8-6-3-4-7-9(8)12(14)15-11/h3-4,6-7,10-11,13H,2,5H2,1H3/t10-,11+/m0/s1. The number of ether oxygens (including phenoxy) is 1. The number of aliphatic hydroxyl groups excluding tert-OH is 1. The molecule has 1 N–H and O–H groups in total. The van der Waals surface area contributed by atoms with Gasteiger partial charge in [0.25, 0.3) is 0 Å². The molecule has 0 saturated heterocycles. The first-order valence-electron chi connectivity index (χ1n) is 5.22. The van der Waals surface area contributed by atoms with Crippen molar-refractivity contribution in [3.8, 4) is 0 Å². The molecule has 3 nitrogen and oxygen atoms in total. The summed E-state index contributed by atoms with van der Waals surface area (Å²) in [5.74, 6) is -0.328. The first kappa shape index (κ1) is 10.2. The Morgan fingerprint density at radius 3 is 2.93 bits per heavy atom. The summed E-state index contributed by atoms with van der Waals surface area (Å²) in [6, 6.07) is 7.22. The van der Waals surface area contributed by atoms with E-state index < -0.39 is 12.2 Å². The topological polar surface area (TPSA) is 46.5 Å². The van der Waals surface area contributed by atoms with E-state index in [-0.39, 0.29) is 5.97 Å². The molecule has 3 heteroatoms. The van der Waals surface area contributed by atoms with Crippen molar-refractivity contribution in [2.45, 2.75) is 32.0 Å². The molecular formula is C12H14O3. The number of esters is 1. The summed E-state index contributed by atoms with van der Waals surface area (Å²) in [7, 11) is 0. The fourth-order valence-electron chi connectivity index (χ4n) is 1.91. The second kappa shape index (κ2) is 4.03. The van der Waals surface area contributed by atoms with Crippen molar-refractivity contribution in [1.29, 1.82) is 0 Å². The molecule has 0 fully saturated rings. The fourth-order valence-corrected chi connectivity index (χ4v) is 1.91. The van der Waals surface area contributed by atoms with Crippen molar-refractivity contribution in [2.75, 3.05) is 0 Å². The number of hydrogen-bond acceptors (Lipinski definition) is 3. The average molecular weight is 206 g/mol. The molecule has 0 bridgehead atoms. The predicted molar refractivity (Wildman–Crippen MR) is 55.5 cm³/mol. The lowest BCUT2D eigenvalue weighted by molar-refractivity contribution is -0.0122. The number of cyclic esters (lactones) is 1. The normalized spacial score (nSPS) is 20.9. The second-order valence-corrected chi connectivity index (χ2v) is 3.77. The quantitative estimate of drug-likeness (QED) is 0.770. The molecule has 1 aliphatic rings. The van der Waals surface area contributed by atoms with Crippen molar-refractivity contribution in [2.24, 2.45) is 0 Å². The Bertz CT molecular complexity index is 373. The maximum Gasteiger partial charge on any atom is 0.339 e. The number of carbonyl (C=O) groups is 1. The highest BCUT2D eigenvalue weighted by atomic mass is 16.6. The first-order valence-corrected chi connectivity index (χ1v) is 5.22. The van der Waals surface area contributed by atoms with Gasteiger partial charge in [-0.15, -0.1) is 0 Å². The van der Waals surface area contributed by atoms with E-state index in [0.717, 1.165) is 12.0 Å². The lowest BCUT2D eigenvalue weighted by Crippen LogP contribution is -2.18. The van der Waals surface area contributed by atoms with Crippen LogP contribution in [0.4, 0.5) is 0 Å². The number of aliphatic hydroxyl groups is 1. The number of benzene rings is 1. The number of carbonyl (C=O) groups excluding carboxylic acids is 1. The summed E-state index contributed by atoms with van der Waals surface area (Å²) < 4.78 is 5.16. The van der Waals surface area contributed by atoms with Gasteiger partial charge in [-0.2, -0.15) is 0 Å². The summed E-state index contributed by atoms with van der Waals surface area (Å²) in [5.41, 5.74) is 1.39. The van der Waals surface area contributed by atoms with Crippen LogP contribution in [-0.2, 0) is 4.74 Å². The highest BCUT2D eigenvalue weighted by molar-refractivity contribution is 5.94. The van der Waals surface area contributed by atoms with Crippen molar-refractivity contribution in [3.05, 3.63) is 35.4 Å². The molecule has 1 heterocycles. The molecule has 15 heavy (non-hydrogen) atoms. The van der Waals surface area contributed by atoms with E-state index in [9.17, 15) is 9.90 Å². The molecule has 0 amide bonds. The zero-order valence-corrected chi connectivity index (χ0v) is 8.64. The van der Waals surface area contributed by atoms with E-state index in [0.29, 0.717) is 12.0 Å². The number of rotatable bonds is 3. The lowest BCUT2D eigenvalue weighted by atomic mass is 9.99. The van der Waals surface area contributed by atoms with Crippen LogP contribution in [0.25, 0.3) is 0 Å². The molecule has 1 aliphatic heterocycles. The highest BCUT2D eigenvalue weighted by Gasteiger charge is 2.34. The van der Waals surface area contributed by atoms with Crippen LogP contribution in [0.3, 0.4) is 0 Å². The fraction of sp³-hybridized carbons (Fsp3) is 0.417. The van der Waals surface area contributed by atoms with Gasteiger partial charge in [-0.3, -0.25) is 0 Å². The van der Waals surface area contributed by atoms with E-state index >= 15 is 0 Å². The smallest absolute Gasteiger partial charge is 0.339 e. The van der Waals surface area contributed by atoms with Crippen LogP contribution in [-0.4, -0.2) is 17.2 Å². The first-order chi connectivity index (χ1) is 7.24. The van der Waals surface area contributed by atoms with E-state index in [1.165, 1.54) is 0 Å². The molecule has 0 aliphatic carbocycles. The van der Waals surface area contributed by atoms with Crippen molar-refractivity contribution in [3.63, 3.8) is 0 Å². The van der Waals surface area contributed by atoms with Crippen LogP contribution in [0.2, 0.25) is 0 Å². The molecule has 0 unspecified atom stereocenters. The van der Waals surface area contributed by atoms with Crippen LogP contribution < -0.4 is 0 Å². The van der Waals surface area contributed by atoms with Crippen LogP contribution in [0.15, 0.2) is 24.3 Å². The van der Waals surface area contributed by atoms with Crippen LogP contribution in [0.1, 0.15) is 41.8 Å². The van der Waals surface area contributed by atoms with E-state index in [4.69, 9.17) is 4.74 Å². The van der Waals surface area contributed by atoms with Crippen LogP contribution in [0.5, 0.6) is 0 Å². The summed E-state index contributed by atoms with van der Waals surface area (Å²) >= 11 is 0. The largest absolute Gasteiger partial charge is 0.451 e. The SMILES string of the molecule is CCC[C@H](O)[C@@H]1OC(=O)c2ccccc21. The minimum Gasteiger partial charge on any atom is -0.451 e. The zero-order chi connectivity index (χ0) is 10.8. The van der Waals surface area contributed by atoms with Gasteiger partial charge < -0.3 is 9.84 Å². The molecule has 0 spiro atoms. The Balaban J connectivity index is 2.28. The Hall–Kier alpha value is -1.35. The third-order valence-corrected chi connectivity index (χ3v) is 2.66. The van der Waals surface area contributed by atoms with Gasteiger partial charge in [-0.05, 0) is 12.5 Å². The Kier molecular flexibility index (Phi) is 2.73. The minimum absolute atomic E-state index is 0.328. The van der Waals surface area contributed by atoms with Gasteiger partial charge in [0.2, 0.25) is 0 Å². The predicted octanol–water partition coefficient (Wildman–Crippen LogP) is 2.06. The van der Waals surface area contributed by atoms with Gasteiger partial charge >= 0.3 is 5.97 Å². The van der Waals surface area contributed by atoms with Gasteiger partial charge in [-0.1, -0.05) is 31.5 Å². The molecule has 0 saturated carbocycles. The van der Waals surface area contributed by atoms with Crippen LogP contribution >= 0.6 is 0 Å². The molecule has 0 radical (unpaired) electrons. The Morgan fingerprint density at radius 1 is 1.47 bits per heavy atom. The van der Waals surface area contributed by atoms with Crippen molar-refractivity contribution in [1.82, 2.24) is 0 Å². The Morgan fingerprint density at radius 2 is 2.20 bits per heavy atom. The third-order valence-electron chi connectivity index (χ3n) is 2.66. The lowest BCUT2D eigenvalue weighted by Gasteiger charge is -2.17. The summed E-state index contributed by atoms with van der Waals surface area (Å²) in [6.45, 7) is 1.99. The maximum atomic E-state index is 11.5. The number of fused-ring (bicyclic) bond motifs is 1. The van der Waals surface area contributed by atoms with Gasteiger partial charge in [0, 0.05) is 5.56 Å². The van der Waals surface area contributed by atoms with Crippen LogP contribution in [0, 0.1) is 0 Å². The van der Waals surface area contributed by atoms with Gasteiger partial charge in [0.1, 0.15) is 0 Å². The van der Waals surface area contributed by atoms with E-state index in [1.807, 2.05) is 19.1 Å². The second-order valence-electron chi connectivity index (χ2n) is 3.77. The minimum atomic E-state index is -0.595. The Labute approximate surface area is 88.7 Å². The highest BCUT2D eigenvalue weighted by Crippen LogP contribution is 2.34. The third kappa shape index (κ3) is 1.75. The monoisotopic (exact) mass is 206 g/mol. The van der Waals surface area contributed by atoms with Crippen molar-refractivity contribution < 1.29 is 14.6 Å². The van der Waals surface area contributed by atoms with Gasteiger partial charge in [0.15, 0.2) is 6.10 Å². The summed E-state index contributed by atoms with van der Waals surface area (Å²) in [5, 5.41) is 9.84. The molecule has 80 valence electrons. The maximum absolute atomic E-state index is 11.5. The van der Waals surface area contributed by atoms with Crippen molar-refractivity contribution >= 4 is 5.97 Å². The number of hydrogen-bond donors (Lipinski definition) is 1. The molecule has 2 atom stereocenters. The zero-order valence-electron chi connectivity index (χ0n) is 8.64. The molecule has 2 rings (SSSR count). The summed E-state index contributed by atoms with van der Waals surface area (Å²) in [6.07, 6.45) is 0.445.